The first-order chi connectivity index (χ1) is 11.8. The molecule has 2 aromatic rings. The van der Waals surface area contributed by atoms with Gasteiger partial charge in [-0.05, 0) is 24.0 Å². The van der Waals surface area contributed by atoms with Crippen LogP contribution in [0.25, 0.3) is 0 Å². The number of carbonyl (C=O) groups is 1. The molecule has 3 nitrogen and oxygen atoms in total. The van der Waals surface area contributed by atoms with E-state index in [-0.39, 0.29) is 5.91 Å². The fraction of sp³-hybridized carbons (Fsp3) is 0.381. The van der Waals surface area contributed by atoms with Crippen LogP contribution in [0.1, 0.15) is 37.3 Å². The summed E-state index contributed by atoms with van der Waals surface area (Å²) in [5, 5.41) is 3.00. The molecule has 0 fully saturated rings. The van der Waals surface area contributed by atoms with E-state index in [4.69, 9.17) is 0 Å². The molecule has 0 bridgehead atoms. The maximum Gasteiger partial charge on any atom is 0.219 e. The van der Waals surface area contributed by atoms with Crippen LogP contribution in [0.15, 0.2) is 60.7 Å². The number of nitrogens with one attached hydrogen (secondary N) is 1. The van der Waals surface area contributed by atoms with Crippen LogP contribution in [0.3, 0.4) is 0 Å². The highest BCUT2D eigenvalue weighted by molar-refractivity contribution is 5.75. The largest absolute Gasteiger partial charge is 0.356 e. The van der Waals surface area contributed by atoms with Crippen LogP contribution >= 0.6 is 0 Å². The highest BCUT2D eigenvalue weighted by atomic mass is 16.1. The Balaban J connectivity index is 1.86. The van der Waals surface area contributed by atoms with Crippen molar-refractivity contribution in [1.82, 2.24) is 10.2 Å². The van der Waals surface area contributed by atoms with Gasteiger partial charge in [-0.15, -0.1) is 0 Å². The van der Waals surface area contributed by atoms with Crippen molar-refractivity contribution in [3.05, 3.63) is 71.8 Å². The Hall–Kier alpha value is -2.13. The molecule has 128 valence electrons. The summed E-state index contributed by atoms with van der Waals surface area (Å²) in [4.78, 5) is 14.0. The number of amides is 1. The Kier molecular flexibility index (Phi) is 8.05. The van der Waals surface area contributed by atoms with Crippen molar-refractivity contribution < 1.29 is 4.79 Å². The van der Waals surface area contributed by atoms with Gasteiger partial charge in [0.1, 0.15) is 0 Å². The van der Waals surface area contributed by atoms with E-state index in [1.807, 2.05) is 19.1 Å². The van der Waals surface area contributed by atoms with E-state index in [0.717, 1.165) is 39.0 Å². The van der Waals surface area contributed by atoms with Crippen LogP contribution < -0.4 is 5.32 Å². The van der Waals surface area contributed by atoms with Crippen molar-refractivity contribution in [3.63, 3.8) is 0 Å². The molecule has 0 atom stereocenters. The predicted molar refractivity (Wildman–Crippen MR) is 99.5 cm³/mol. The molecule has 0 aliphatic carbocycles. The van der Waals surface area contributed by atoms with Crippen molar-refractivity contribution in [2.24, 2.45) is 0 Å². The molecule has 0 saturated carbocycles. The van der Waals surface area contributed by atoms with Gasteiger partial charge in [-0.1, -0.05) is 67.6 Å². The fourth-order valence-corrected chi connectivity index (χ4v) is 2.74. The van der Waals surface area contributed by atoms with Crippen molar-refractivity contribution in [2.45, 2.75) is 39.3 Å². The zero-order chi connectivity index (χ0) is 17.0. The first kappa shape index (κ1) is 18.2. The average Bonchev–Trinajstić information content (AvgIpc) is 2.61. The van der Waals surface area contributed by atoms with E-state index < -0.39 is 0 Å². The lowest BCUT2D eigenvalue weighted by Crippen LogP contribution is -2.29. The molecular formula is C21H28N2O. The Morgan fingerprint density at radius 1 is 0.917 bits per heavy atom. The second kappa shape index (κ2) is 10.6. The molecule has 0 spiro atoms. The maximum absolute atomic E-state index is 11.5. The topological polar surface area (TPSA) is 32.3 Å². The van der Waals surface area contributed by atoms with Crippen LogP contribution in [-0.4, -0.2) is 23.9 Å². The molecule has 3 heteroatoms. The zero-order valence-corrected chi connectivity index (χ0v) is 14.6. The molecule has 0 heterocycles. The Bertz CT molecular complexity index is 542. The second-order valence-corrected chi connectivity index (χ2v) is 6.14. The van der Waals surface area contributed by atoms with Crippen molar-refractivity contribution in [3.8, 4) is 0 Å². The van der Waals surface area contributed by atoms with Gasteiger partial charge in [-0.25, -0.2) is 0 Å². The van der Waals surface area contributed by atoms with Gasteiger partial charge in [0, 0.05) is 32.6 Å². The normalized spacial score (nSPS) is 10.8. The van der Waals surface area contributed by atoms with Crippen molar-refractivity contribution >= 4 is 5.91 Å². The Labute approximate surface area is 145 Å². The van der Waals surface area contributed by atoms with Crippen LogP contribution in [0.2, 0.25) is 0 Å². The second-order valence-electron chi connectivity index (χ2n) is 6.14. The highest BCUT2D eigenvalue weighted by Gasteiger charge is 2.07. The van der Waals surface area contributed by atoms with Gasteiger partial charge in [0.2, 0.25) is 5.91 Å². The summed E-state index contributed by atoms with van der Waals surface area (Å²) >= 11 is 0. The molecule has 24 heavy (non-hydrogen) atoms. The molecule has 0 aliphatic rings. The summed E-state index contributed by atoms with van der Waals surface area (Å²) < 4.78 is 0. The van der Waals surface area contributed by atoms with Gasteiger partial charge in [0.25, 0.3) is 0 Å². The summed E-state index contributed by atoms with van der Waals surface area (Å²) in [7, 11) is 0. The van der Waals surface area contributed by atoms with Crippen LogP contribution in [0.4, 0.5) is 0 Å². The Morgan fingerprint density at radius 2 is 1.46 bits per heavy atom. The minimum Gasteiger partial charge on any atom is -0.356 e. The van der Waals surface area contributed by atoms with Gasteiger partial charge < -0.3 is 5.32 Å². The van der Waals surface area contributed by atoms with Gasteiger partial charge >= 0.3 is 0 Å². The number of carbonyl (C=O) groups excluding carboxylic acids is 1. The summed E-state index contributed by atoms with van der Waals surface area (Å²) in [6.45, 7) is 5.60. The molecule has 0 aliphatic heterocycles. The SMILES string of the molecule is CCCC(=O)NCCCN(Cc1ccccc1)Cc1ccccc1. The molecule has 0 radical (unpaired) electrons. The minimum absolute atomic E-state index is 0.162. The van der Waals surface area contributed by atoms with Crippen LogP contribution in [0.5, 0.6) is 0 Å². The molecule has 1 N–H and O–H groups in total. The van der Waals surface area contributed by atoms with Crippen molar-refractivity contribution in [1.29, 1.82) is 0 Å². The third kappa shape index (κ3) is 6.97. The quantitative estimate of drug-likeness (QED) is 0.670. The molecule has 0 unspecified atom stereocenters. The van der Waals surface area contributed by atoms with Crippen LogP contribution in [-0.2, 0) is 17.9 Å². The van der Waals surface area contributed by atoms with E-state index >= 15 is 0 Å². The van der Waals surface area contributed by atoms with E-state index in [2.05, 4.69) is 58.7 Å². The highest BCUT2D eigenvalue weighted by Crippen LogP contribution is 2.10. The monoisotopic (exact) mass is 324 g/mol. The van der Waals surface area contributed by atoms with Crippen LogP contribution in [0, 0.1) is 0 Å². The zero-order valence-electron chi connectivity index (χ0n) is 14.6. The predicted octanol–water partition coefficient (Wildman–Crippen LogP) is 4.00. The molecule has 1 amide bonds. The summed E-state index contributed by atoms with van der Waals surface area (Å²) in [6, 6.07) is 21.1. The lowest BCUT2D eigenvalue weighted by Gasteiger charge is -2.22. The third-order valence-corrected chi connectivity index (χ3v) is 3.95. The van der Waals surface area contributed by atoms with E-state index in [9.17, 15) is 4.79 Å². The lowest BCUT2D eigenvalue weighted by atomic mass is 10.1. The van der Waals surface area contributed by atoms with Gasteiger partial charge in [0.15, 0.2) is 0 Å². The summed E-state index contributed by atoms with van der Waals surface area (Å²) in [5.74, 6) is 0.162. The summed E-state index contributed by atoms with van der Waals surface area (Å²) in [6.07, 6.45) is 2.49. The van der Waals surface area contributed by atoms with Gasteiger partial charge in [0.05, 0.1) is 0 Å². The molecule has 2 rings (SSSR count). The number of benzene rings is 2. The number of hydrogen-bond donors (Lipinski definition) is 1. The molecule has 2 aromatic carbocycles. The number of hydrogen-bond acceptors (Lipinski definition) is 2. The first-order valence-electron chi connectivity index (χ1n) is 8.85. The maximum atomic E-state index is 11.5. The average molecular weight is 324 g/mol. The van der Waals surface area contributed by atoms with Gasteiger partial charge in [-0.3, -0.25) is 9.69 Å². The van der Waals surface area contributed by atoms with E-state index in [1.54, 1.807) is 0 Å². The molecule has 0 saturated heterocycles. The van der Waals surface area contributed by atoms with Gasteiger partial charge in [-0.2, -0.15) is 0 Å². The van der Waals surface area contributed by atoms with Crippen molar-refractivity contribution in [2.75, 3.05) is 13.1 Å². The standard InChI is InChI=1S/C21H28N2O/c1-2-10-21(24)22-15-9-16-23(17-19-11-5-3-6-12-19)18-20-13-7-4-8-14-20/h3-8,11-14H,2,9-10,15-18H2,1H3,(H,22,24). The smallest absolute Gasteiger partial charge is 0.219 e. The van der Waals surface area contributed by atoms with E-state index in [0.29, 0.717) is 6.42 Å². The first-order valence-corrected chi connectivity index (χ1v) is 8.85. The number of nitrogens with zero attached hydrogens (tertiary/aromatic N) is 1. The Morgan fingerprint density at radius 3 is 1.96 bits per heavy atom. The molecular weight excluding hydrogens is 296 g/mol. The summed E-state index contributed by atoms with van der Waals surface area (Å²) in [5.41, 5.74) is 2.65. The fourth-order valence-electron chi connectivity index (χ4n) is 2.74. The lowest BCUT2D eigenvalue weighted by molar-refractivity contribution is -0.121. The third-order valence-electron chi connectivity index (χ3n) is 3.95. The number of rotatable bonds is 10. The molecule has 0 aromatic heterocycles. The van der Waals surface area contributed by atoms with E-state index in [1.165, 1.54) is 11.1 Å². The minimum atomic E-state index is 0.162.